The van der Waals surface area contributed by atoms with E-state index in [1.807, 2.05) is 6.07 Å². The van der Waals surface area contributed by atoms with Crippen LogP contribution in [-0.2, 0) is 15.6 Å². The molecule has 6 heteroatoms. The van der Waals surface area contributed by atoms with Crippen LogP contribution in [0.3, 0.4) is 0 Å². The van der Waals surface area contributed by atoms with E-state index in [0.717, 1.165) is 0 Å². The first kappa shape index (κ1) is 14.7. The Hall–Kier alpha value is -1.66. The number of nitrogens with one attached hydrogen (secondary N) is 1. The number of nitrogen functional groups attached to an aromatic ring is 1. The number of hydrogen-bond acceptors (Lipinski definition) is 3. The Kier molecular flexibility index (Phi) is 4.92. The van der Waals surface area contributed by atoms with Gasteiger partial charge in [-0.1, -0.05) is 18.2 Å². The van der Waals surface area contributed by atoms with E-state index in [1.54, 1.807) is 42.5 Å². The summed E-state index contributed by atoms with van der Waals surface area (Å²) in [6.07, 6.45) is 0. The molecule has 0 saturated heterocycles. The summed E-state index contributed by atoms with van der Waals surface area (Å²) in [6, 6.07) is 14.0. The molecule has 3 N–H and O–H groups in total. The molecule has 0 saturated carbocycles. The second-order valence-electron chi connectivity index (χ2n) is 4.09. The first-order valence-corrected chi connectivity index (χ1v) is 7.96. The Morgan fingerprint density at radius 3 is 2.55 bits per heavy atom. The summed E-state index contributed by atoms with van der Waals surface area (Å²) in [5.41, 5.74) is 6.83. The van der Waals surface area contributed by atoms with Crippen molar-refractivity contribution in [2.75, 3.05) is 16.8 Å². The minimum atomic E-state index is -1.35. The third-order valence-corrected chi connectivity index (χ3v) is 4.51. The van der Waals surface area contributed by atoms with Crippen molar-refractivity contribution in [3.63, 3.8) is 0 Å². The van der Waals surface area contributed by atoms with Crippen LogP contribution in [0, 0.1) is 0 Å². The topological polar surface area (TPSA) is 72.2 Å². The molecule has 0 fully saturated rings. The highest BCUT2D eigenvalue weighted by atomic mass is 79.9. The van der Waals surface area contributed by atoms with E-state index < -0.39 is 10.8 Å². The maximum absolute atomic E-state index is 12.0. The molecule has 0 spiro atoms. The number of rotatable bonds is 4. The summed E-state index contributed by atoms with van der Waals surface area (Å²) in [7, 11) is -1.35. The minimum Gasteiger partial charge on any atom is -0.399 e. The summed E-state index contributed by atoms with van der Waals surface area (Å²) >= 11 is 3.32. The number of amides is 1. The summed E-state index contributed by atoms with van der Waals surface area (Å²) in [6.45, 7) is 0. The maximum atomic E-state index is 12.0. The van der Waals surface area contributed by atoms with Gasteiger partial charge in [0.25, 0.3) is 0 Å². The van der Waals surface area contributed by atoms with Crippen molar-refractivity contribution < 1.29 is 9.00 Å². The van der Waals surface area contributed by atoms with Crippen molar-refractivity contribution in [1.29, 1.82) is 0 Å². The molecule has 0 aliphatic rings. The van der Waals surface area contributed by atoms with Crippen molar-refractivity contribution in [2.24, 2.45) is 0 Å². The standard InChI is InChI=1S/C14H13BrN2O2S/c15-12-8-10(16)6-7-13(12)17-14(18)9-20(19)11-4-2-1-3-5-11/h1-8H,9,16H2,(H,17,18). The second kappa shape index (κ2) is 6.67. The zero-order valence-corrected chi connectivity index (χ0v) is 12.9. The number of halogens is 1. The van der Waals surface area contributed by atoms with Gasteiger partial charge in [-0.2, -0.15) is 0 Å². The predicted molar refractivity (Wildman–Crippen MR) is 84.9 cm³/mol. The highest BCUT2D eigenvalue weighted by molar-refractivity contribution is 9.10. The van der Waals surface area contributed by atoms with Gasteiger partial charge in [0, 0.05) is 15.1 Å². The van der Waals surface area contributed by atoms with Crippen LogP contribution in [0.15, 0.2) is 57.9 Å². The molecule has 0 heterocycles. The van der Waals surface area contributed by atoms with E-state index in [1.165, 1.54) is 0 Å². The summed E-state index contributed by atoms with van der Waals surface area (Å²) in [5.74, 6) is -0.390. The van der Waals surface area contributed by atoms with Gasteiger partial charge < -0.3 is 11.1 Å². The van der Waals surface area contributed by atoms with Gasteiger partial charge in [0.05, 0.1) is 16.5 Å². The van der Waals surface area contributed by atoms with Crippen LogP contribution < -0.4 is 11.1 Å². The molecule has 2 rings (SSSR count). The Morgan fingerprint density at radius 1 is 1.20 bits per heavy atom. The van der Waals surface area contributed by atoms with E-state index in [4.69, 9.17) is 5.73 Å². The molecule has 0 aliphatic heterocycles. The smallest absolute Gasteiger partial charge is 0.237 e. The van der Waals surface area contributed by atoms with Crippen LogP contribution in [0.5, 0.6) is 0 Å². The van der Waals surface area contributed by atoms with Gasteiger partial charge in [-0.25, -0.2) is 0 Å². The molecular formula is C14H13BrN2O2S. The molecule has 0 aliphatic carbocycles. The minimum absolute atomic E-state index is 0.0825. The second-order valence-corrected chi connectivity index (χ2v) is 6.40. The molecule has 20 heavy (non-hydrogen) atoms. The normalized spacial score (nSPS) is 11.8. The highest BCUT2D eigenvalue weighted by Crippen LogP contribution is 2.24. The lowest BCUT2D eigenvalue weighted by Gasteiger charge is -2.08. The summed E-state index contributed by atoms with van der Waals surface area (Å²) in [5, 5.41) is 2.70. The monoisotopic (exact) mass is 352 g/mol. The predicted octanol–water partition coefficient (Wildman–Crippen LogP) is 2.78. The molecule has 0 radical (unpaired) electrons. The Bertz CT molecular complexity index is 647. The van der Waals surface area contributed by atoms with E-state index in [0.29, 0.717) is 20.7 Å². The Labute approximate surface area is 128 Å². The molecule has 1 unspecified atom stereocenters. The van der Waals surface area contributed by atoms with Crippen LogP contribution in [0.2, 0.25) is 0 Å². The third-order valence-electron chi connectivity index (χ3n) is 2.54. The van der Waals surface area contributed by atoms with E-state index in [2.05, 4.69) is 21.2 Å². The van der Waals surface area contributed by atoms with Gasteiger partial charge in [0.1, 0.15) is 5.75 Å². The molecule has 104 valence electrons. The van der Waals surface area contributed by atoms with Crippen molar-refractivity contribution in [1.82, 2.24) is 0 Å². The molecule has 1 atom stereocenters. The number of hydrogen-bond donors (Lipinski definition) is 2. The fourth-order valence-electron chi connectivity index (χ4n) is 1.59. The highest BCUT2D eigenvalue weighted by Gasteiger charge is 2.11. The quantitative estimate of drug-likeness (QED) is 0.831. The van der Waals surface area contributed by atoms with Gasteiger partial charge in [-0.05, 0) is 46.3 Å². The van der Waals surface area contributed by atoms with Gasteiger partial charge >= 0.3 is 0 Å². The summed E-state index contributed by atoms with van der Waals surface area (Å²) in [4.78, 5) is 12.5. The molecule has 0 bridgehead atoms. The largest absolute Gasteiger partial charge is 0.399 e. The Balaban J connectivity index is 2.01. The molecule has 0 aromatic heterocycles. The van der Waals surface area contributed by atoms with Gasteiger partial charge in [0.15, 0.2) is 0 Å². The van der Waals surface area contributed by atoms with E-state index >= 15 is 0 Å². The zero-order chi connectivity index (χ0) is 14.5. The zero-order valence-electron chi connectivity index (χ0n) is 10.5. The number of benzene rings is 2. The number of carbonyl (C=O) groups is 1. The molecular weight excluding hydrogens is 340 g/mol. The summed E-state index contributed by atoms with van der Waals surface area (Å²) < 4.78 is 12.7. The van der Waals surface area contributed by atoms with Crippen molar-refractivity contribution in [3.8, 4) is 0 Å². The number of nitrogens with two attached hydrogens (primary N) is 1. The van der Waals surface area contributed by atoms with Crippen LogP contribution in [0.1, 0.15) is 0 Å². The first-order chi connectivity index (χ1) is 9.56. The van der Waals surface area contributed by atoms with Crippen LogP contribution in [0.4, 0.5) is 11.4 Å². The van der Waals surface area contributed by atoms with Crippen molar-refractivity contribution in [3.05, 3.63) is 53.0 Å². The van der Waals surface area contributed by atoms with Crippen molar-refractivity contribution in [2.45, 2.75) is 4.90 Å². The average molecular weight is 353 g/mol. The third kappa shape index (κ3) is 3.91. The number of anilines is 2. The van der Waals surface area contributed by atoms with Gasteiger partial charge in [0.2, 0.25) is 5.91 Å². The van der Waals surface area contributed by atoms with E-state index in [-0.39, 0.29) is 11.7 Å². The average Bonchev–Trinajstić information content (AvgIpc) is 2.43. The number of carbonyl (C=O) groups excluding carboxylic acids is 1. The van der Waals surface area contributed by atoms with Crippen LogP contribution >= 0.6 is 15.9 Å². The fraction of sp³-hybridized carbons (Fsp3) is 0.0714. The lowest BCUT2D eigenvalue weighted by atomic mass is 10.3. The van der Waals surface area contributed by atoms with Gasteiger partial charge in [-0.15, -0.1) is 0 Å². The van der Waals surface area contributed by atoms with Crippen LogP contribution in [0.25, 0.3) is 0 Å². The molecule has 1 amide bonds. The lowest BCUT2D eigenvalue weighted by Crippen LogP contribution is -2.19. The molecule has 2 aromatic rings. The molecule has 4 nitrogen and oxygen atoms in total. The molecule has 2 aromatic carbocycles. The first-order valence-electron chi connectivity index (χ1n) is 5.84. The van der Waals surface area contributed by atoms with Crippen molar-refractivity contribution >= 4 is 44.0 Å². The Morgan fingerprint density at radius 2 is 1.90 bits per heavy atom. The van der Waals surface area contributed by atoms with Crippen LogP contribution in [-0.4, -0.2) is 15.9 Å². The maximum Gasteiger partial charge on any atom is 0.237 e. The SMILES string of the molecule is Nc1ccc(NC(=O)CS(=O)c2ccccc2)c(Br)c1. The fourth-order valence-corrected chi connectivity index (χ4v) is 3.03. The lowest BCUT2D eigenvalue weighted by molar-refractivity contribution is -0.113. The van der Waals surface area contributed by atoms with E-state index in [9.17, 15) is 9.00 Å². The van der Waals surface area contributed by atoms with Gasteiger partial charge in [-0.3, -0.25) is 9.00 Å².